The van der Waals surface area contributed by atoms with Gasteiger partial charge in [-0.05, 0) is 12.5 Å². The molecule has 0 amide bonds. The number of benzene rings is 1. The van der Waals surface area contributed by atoms with Crippen LogP contribution in [0, 0.1) is 0 Å². The molecule has 0 fully saturated rings. The molecule has 0 N–H and O–H groups in total. The zero-order valence-electron chi connectivity index (χ0n) is 10.4. The minimum Gasteiger partial charge on any atom is -0.333 e. The molecule has 0 aliphatic rings. The van der Waals surface area contributed by atoms with E-state index >= 15 is 0 Å². The molecule has 2 rings (SSSR count). The van der Waals surface area contributed by atoms with E-state index in [2.05, 4.69) is 20.9 Å². The van der Waals surface area contributed by atoms with Crippen LogP contribution in [0.3, 0.4) is 0 Å². The highest BCUT2D eigenvalue weighted by Crippen LogP contribution is 2.31. The Morgan fingerprint density at radius 2 is 1.79 bits per heavy atom. The zero-order valence-corrected chi connectivity index (χ0v) is 12.0. The predicted molar refractivity (Wildman–Crippen MR) is 71.0 cm³/mol. The quantitative estimate of drug-likeness (QED) is 0.737. The summed E-state index contributed by atoms with van der Waals surface area (Å²) in [4.78, 5) is 3.85. The van der Waals surface area contributed by atoms with Crippen molar-refractivity contribution in [3.63, 3.8) is 0 Å². The van der Waals surface area contributed by atoms with E-state index in [-0.39, 0.29) is 4.83 Å². The van der Waals surface area contributed by atoms with Crippen LogP contribution in [-0.2, 0) is 13.2 Å². The predicted octanol–water partition coefficient (Wildman–Crippen LogP) is 4.56. The van der Waals surface area contributed by atoms with E-state index in [9.17, 15) is 13.2 Å². The first-order valence-electron chi connectivity index (χ1n) is 5.64. The Morgan fingerprint density at radius 3 is 2.21 bits per heavy atom. The molecular formula is C13H12BrF3N2. The summed E-state index contributed by atoms with van der Waals surface area (Å²) < 4.78 is 39.1. The van der Waals surface area contributed by atoms with Crippen molar-refractivity contribution in [2.45, 2.75) is 17.9 Å². The highest BCUT2D eigenvalue weighted by molar-refractivity contribution is 9.09. The summed E-state index contributed by atoms with van der Waals surface area (Å²) in [7, 11) is 1.55. The maximum Gasteiger partial charge on any atom is 0.434 e. The van der Waals surface area contributed by atoms with E-state index in [1.54, 1.807) is 19.2 Å². The van der Waals surface area contributed by atoms with Gasteiger partial charge in [-0.3, -0.25) is 0 Å². The lowest BCUT2D eigenvalue weighted by molar-refractivity contribution is -0.140. The molecule has 1 aromatic carbocycles. The molecule has 6 heteroatoms. The summed E-state index contributed by atoms with van der Waals surface area (Å²) in [5, 5.41) is 0. The van der Waals surface area contributed by atoms with Gasteiger partial charge < -0.3 is 4.57 Å². The van der Waals surface area contributed by atoms with Crippen molar-refractivity contribution < 1.29 is 13.2 Å². The van der Waals surface area contributed by atoms with Crippen molar-refractivity contribution in [3.8, 4) is 11.4 Å². The highest BCUT2D eigenvalue weighted by Gasteiger charge is 2.34. The Labute approximate surface area is 117 Å². The molecule has 2 nitrogen and oxygen atoms in total. The van der Waals surface area contributed by atoms with Crippen molar-refractivity contribution in [2.75, 3.05) is 0 Å². The third-order valence-electron chi connectivity index (χ3n) is 2.80. The molecule has 1 aromatic heterocycles. The van der Waals surface area contributed by atoms with Crippen molar-refractivity contribution in [2.24, 2.45) is 7.05 Å². The van der Waals surface area contributed by atoms with Gasteiger partial charge in [0.1, 0.15) is 5.82 Å². The van der Waals surface area contributed by atoms with E-state index < -0.39 is 11.9 Å². The normalized spacial score (nSPS) is 13.6. The van der Waals surface area contributed by atoms with Crippen LogP contribution in [0.1, 0.15) is 23.0 Å². The number of alkyl halides is 4. The fourth-order valence-electron chi connectivity index (χ4n) is 1.77. The van der Waals surface area contributed by atoms with Crippen LogP contribution in [0.5, 0.6) is 0 Å². The minimum absolute atomic E-state index is 0.202. The van der Waals surface area contributed by atoms with Gasteiger partial charge in [0.05, 0.1) is 0 Å². The number of aryl methyl sites for hydroxylation is 1. The second kappa shape index (κ2) is 5.00. The molecular weight excluding hydrogens is 321 g/mol. The van der Waals surface area contributed by atoms with Gasteiger partial charge in [0, 0.05) is 23.6 Å². The van der Waals surface area contributed by atoms with Crippen LogP contribution in [0.2, 0.25) is 0 Å². The van der Waals surface area contributed by atoms with Crippen LogP contribution >= 0.6 is 15.9 Å². The lowest BCUT2D eigenvalue weighted by Gasteiger charge is -2.05. The molecule has 1 atom stereocenters. The molecule has 0 radical (unpaired) electrons. The first-order valence-corrected chi connectivity index (χ1v) is 6.55. The molecule has 0 saturated heterocycles. The number of hydrogen-bond donors (Lipinski definition) is 0. The first kappa shape index (κ1) is 14.1. The van der Waals surface area contributed by atoms with Gasteiger partial charge in [-0.25, -0.2) is 4.98 Å². The third kappa shape index (κ3) is 3.00. The maximum absolute atomic E-state index is 12.6. The monoisotopic (exact) mass is 332 g/mol. The van der Waals surface area contributed by atoms with Crippen LogP contribution in [0.25, 0.3) is 11.4 Å². The van der Waals surface area contributed by atoms with E-state index in [1.807, 2.05) is 19.1 Å². The smallest absolute Gasteiger partial charge is 0.333 e. The topological polar surface area (TPSA) is 17.8 Å². The standard InChI is InChI=1S/C13H12BrF3N2/c1-8(14)9-3-5-10(6-4-9)12-18-11(7-19(12)2)13(15,16)17/h3-8H,1-2H3. The number of hydrogen-bond acceptors (Lipinski definition) is 1. The Bertz CT molecular complexity index is 571. The molecule has 0 aliphatic carbocycles. The second-order valence-corrected chi connectivity index (χ2v) is 5.67. The van der Waals surface area contributed by atoms with Gasteiger partial charge >= 0.3 is 6.18 Å². The van der Waals surface area contributed by atoms with Crippen LogP contribution < -0.4 is 0 Å². The largest absolute Gasteiger partial charge is 0.434 e. The molecule has 19 heavy (non-hydrogen) atoms. The zero-order chi connectivity index (χ0) is 14.2. The summed E-state index contributed by atoms with van der Waals surface area (Å²) in [5.41, 5.74) is 0.854. The lowest BCUT2D eigenvalue weighted by Crippen LogP contribution is -2.04. The van der Waals surface area contributed by atoms with Gasteiger partial charge in [-0.2, -0.15) is 13.2 Å². The van der Waals surface area contributed by atoms with Gasteiger partial charge in [-0.15, -0.1) is 0 Å². The number of imidazole rings is 1. The SMILES string of the molecule is CC(Br)c1ccc(-c2nc(C(F)(F)F)cn2C)cc1. The molecule has 2 aromatic rings. The first-order chi connectivity index (χ1) is 8.79. The molecule has 1 unspecified atom stereocenters. The van der Waals surface area contributed by atoms with Crippen molar-refractivity contribution >= 4 is 15.9 Å². The van der Waals surface area contributed by atoms with Crippen molar-refractivity contribution in [1.29, 1.82) is 0 Å². The Hall–Kier alpha value is -1.30. The van der Waals surface area contributed by atoms with E-state index in [0.29, 0.717) is 11.4 Å². The van der Waals surface area contributed by atoms with Gasteiger partial charge in [0.25, 0.3) is 0 Å². The summed E-state index contributed by atoms with van der Waals surface area (Å²) in [6.07, 6.45) is -3.42. The summed E-state index contributed by atoms with van der Waals surface area (Å²) in [6, 6.07) is 7.29. The molecule has 0 bridgehead atoms. The average Bonchev–Trinajstić information content (AvgIpc) is 2.71. The Balaban J connectivity index is 2.39. The minimum atomic E-state index is -4.42. The van der Waals surface area contributed by atoms with Crippen molar-refractivity contribution in [3.05, 3.63) is 41.7 Å². The van der Waals surface area contributed by atoms with Crippen LogP contribution in [-0.4, -0.2) is 9.55 Å². The Kier molecular flexibility index (Phi) is 3.71. The number of rotatable bonds is 2. The number of nitrogens with zero attached hydrogens (tertiary/aromatic N) is 2. The summed E-state index contributed by atoms with van der Waals surface area (Å²) >= 11 is 3.44. The van der Waals surface area contributed by atoms with Gasteiger partial charge in [0.15, 0.2) is 5.69 Å². The van der Waals surface area contributed by atoms with Crippen LogP contribution in [0.15, 0.2) is 30.5 Å². The van der Waals surface area contributed by atoms with E-state index in [4.69, 9.17) is 0 Å². The average molecular weight is 333 g/mol. The highest BCUT2D eigenvalue weighted by atomic mass is 79.9. The van der Waals surface area contributed by atoms with Crippen molar-refractivity contribution in [1.82, 2.24) is 9.55 Å². The van der Waals surface area contributed by atoms with Gasteiger partial charge in [0.2, 0.25) is 0 Å². The summed E-state index contributed by atoms with van der Waals surface area (Å²) in [6.45, 7) is 1.98. The fourth-order valence-corrected chi connectivity index (χ4v) is 2.07. The lowest BCUT2D eigenvalue weighted by atomic mass is 10.1. The van der Waals surface area contributed by atoms with Crippen LogP contribution in [0.4, 0.5) is 13.2 Å². The third-order valence-corrected chi connectivity index (χ3v) is 3.32. The maximum atomic E-state index is 12.6. The molecule has 0 spiro atoms. The molecule has 102 valence electrons. The van der Waals surface area contributed by atoms with E-state index in [0.717, 1.165) is 11.8 Å². The second-order valence-electron chi connectivity index (χ2n) is 4.30. The Morgan fingerprint density at radius 1 is 1.21 bits per heavy atom. The molecule has 1 heterocycles. The van der Waals surface area contributed by atoms with Gasteiger partial charge in [-0.1, -0.05) is 40.2 Å². The molecule has 0 saturated carbocycles. The number of halogens is 4. The fraction of sp³-hybridized carbons (Fsp3) is 0.308. The van der Waals surface area contributed by atoms with E-state index in [1.165, 1.54) is 4.57 Å². The summed E-state index contributed by atoms with van der Waals surface area (Å²) in [5.74, 6) is 0.307. The number of aromatic nitrogens is 2. The molecule has 0 aliphatic heterocycles.